The van der Waals surface area contributed by atoms with Crippen molar-refractivity contribution in [2.24, 2.45) is 0 Å². The van der Waals surface area contributed by atoms with Crippen LogP contribution in [-0.4, -0.2) is 13.1 Å². The van der Waals surface area contributed by atoms with Gasteiger partial charge in [-0.25, -0.2) is 4.79 Å². The third kappa shape index (κ3) is 2.62. The lowest BCUT2D eigenvalue weighted by Gasteiger charge is -2.08. The van der Waals surface area contributed by atoms with Crippen LogP contribution in [-0.2, 0) is 10.1 Å². The maximum atomic E-state index is 11.5. The molecule has 0 aliphatic carbocycles. The van der Waals surface area contributed by atoms with E-state index in [4.69, 9.17) is 4.74 Å². The molecule has 0 aliphatic rings. The lowest BCUT2D eigenvalue weighted by Crippen LogP contribution is -2.01. The zero-order valence-corrected chi connectivity index (χ0v) is 11.6. The van der Waals surface area contributed by atoms with Crippen LogP contribution in [0.5, 0.6) is 0 Å². The average Bonchev–Trinajstić information content (AvgIpc) is 2.46. The summed E-state index contributed by atoms with van der Waals surface area (Å²) in [7, 11) is 1.39. The summed E-state index contributed by atoms with van der Waals surface area (Å²) in [4.78, 5) is 11.5. The molecule has 0 fully saturated rings. The number of hydrogen-bond acceptors (Lipinski definition) is 2. The molecule has 2 aromatic carbocycles. The zero-order chi connectivity index (χ0) is 13.0. The maximum Gasteiger partial charge on any atom is 0.337 e. The largest absolute Gasteiger partial charge is 0.465 e. The van der Waals surface area contributed by atoms with Gasteiger partial charge in [-0.3, -0.25) is 0 Å². The number of ether oxygens (including phenoxy) is 1. The standard InChI is InChI=1S/C15H13BrO2/c1-18-15(17)12-7-4-6-11(9-12)14-8-3-2-5-13(14)10-16/h2-9H,10H2,1H3. The van der Waals surface area contributed by atoms with E-state index in [0.717, 1.165) is 16.5 Å². The molecule has 0 bridgehead atoms. The molecule has 0 amide bonds. The van der Waals surface area contributed by atoms with Gasteiger partial charge in [0.1, 0.15) is 0 Å². The van der Waals surface area contributed by atoms with Crippen LogP contribution in [0.2, 0.25) is 0 Å². The Kier molecular flexibility index (Phi) is 4.15. The van der Waals surface area contributed by atoms with Gasteiger partial charge in [-0.1, -0.05) is 52.3 Å². The van der Waals surface area contributed by atoms with E-state index in [1.54, 1.807) is 6.07 Å². The highest BCUT2D eigenvalue weighted by Crippen LogP contribution is 2.26. The molecule has 0 N–H and O–H groups in total. The fourth-order valence-electron chi connectivity index (χ4n) is 1.85. The summed E-state index contributed by atoms with van der Waals surface area (Å²) in [5, 5.41) is 0.783. The predicted octanol–water partition coefficient (Wildman–Crippen LogP) is 4.04. The molecule has 2 aromatic rings. The van der Waals surface area contributed by atoms with Crippen LogP contribution in [0, 0.1) is 0 Å². The monoisotopic (exact) mass is 304 g/mol. The molecule has 0 radical (unpaired) electrons. The first-order chi connectivity index (χ1) is 8.76. The fraction of sp³-hybridized carbons (Fsp3) is 0.133. The average molecular weight is 305 g/mol. The van der Waals surface area contributed by atoms with Gasteiger partial charge in [-0.2, -0.15) is 0 Å². The van der Waals surface area contributed by atoms with E-state index in [1.165, 1.54) is 12.7 Å². The van der Waals surface area contributed by atoms with Crippen molar-refractivity contribution in [2.75, 3.05) is 7.11 Å². The summed E-state index contributed by atoms with van der Waals surface area (Å²) in [5.41, 5.74) is 3.91. The van der Waals surface area contributed by atoms with Crippen LogP contribution in [0.3, 0.4) is 0 Å². The lowest BCUT2D eigenvalue weighted by molar-refractivity contribution is 0.0601. The van der Waals surface area contributed by atoms with E-state index >= 15 is 0 Å². The number of rotatable bonds is 3. The Balaban J connectivity index is 2.48. The molecule has 2 rings (SSSR count). The molecular formula is C15H13BrO2. The van der Waals surface area contributed by atoms with Gasteiger partial charge >= 0.3 is 5.97 Å². The van der Waals surface area contributed by atoms with Crippen molar-refractivity contribution >= 4 is 21.9 Å². The minimum absolute atomic E-state index is 0.312. The molecule has 0 saturated heterocycles. The molecule has 0 aromatic heterocycles. The van der Waals surface area contributed by atoms with Crippen molar-refractivity contribution in [1.82, 2.24) is 0 Å². The Morgan fingerprint density at radius 3 is 2.67 bits per heavy atom. The number of benzene rings is 2. The predicted molar refractivity (Wildman–Crippen MR) is 75.8 cm³/mol. The van der Waals surface area contributed by atoms with E-state index in [9.17, 15) is 4.79 Å². The van der Waals surface area contributed by atoms with Crippen molar-refractivity contribution in [3.63, 3.8) is 0 Å². The van der Waals surface area contributed by atoms with Crippen LogP contribution in [0.25, 0.3) is 11.1 Å². The number of halogens is 1. The van der Waals surface area contributed by atoms with Gasteiger partial charge < -0.3 is 4.74 Å². The number of carbonyl (C=O) groups is 1. The van der Waals surface area contributed by atoms with Crippen molar-refractivity contribution in [2.45, 2.75) is 5.33 Å². The van der Waals surface area contributed by atoms with E-state index in [-0.39, 0.29) is 5.97 Å². The minimum atomic E-state index is -0.312. The first-order valence-electron chi connectivity index (χ1n) is 5.59. The Morgan fingerprint density at radius 2 is 1.94 bits per heavy atom. The third-order valence-corrected chi connectivity index (χ3v) is 3.36. The number of hydrogen-bond donors (Lipinski definition) is 0. The van der Waals surface area contributed by atoms with Gasteiger partial charge in [0.25, 0.3) is 0 Å². The van der Waals surface area contributed by atoms with E-state index in [2.05, 4.69) is 22.0 Å². The van der Waals surface area contributed by atoms with E-state index < -0.39 is 0 Å². The molecule has 92 valence electrons. The van der Waals surface area contributed by atoms with Gasteiger partial charge in [0.05, 0.1) is 12.7 Å². The van der Waals surface area contributed by atoms with Gasteiger partial charge in [0, 0.05) is 5.33 Å². The van der Waals surface area contributed by atoms with Crippen LogP contribution < -0.4 is 0 Å². The molecule has 2 nitrogen and oxygen atoms in total. The highest BCUT2D eigenvalue weighted by Gasteiger charge is 2.08. The summed E-state index contributed by atoms with van der Waals surface area (Å²) in [5.74, 6) is -0.312. The summed E-state index contributed by atoms with van der Waals surface area (Å²) in [6.45, 7) is 0. The van der Waals surface area contributed by atoms with Crippen LogP contribution in [0.1, 0.15) is 15.9 Å². The molecule has 0 saturated carbocycles. The van der Waals surface area contributed by atoms with Crippen LogP contribution in [0.4, 0.5) is 0 Å². The normalized spacial score (nSPS) is 10.1. The van der Waals surface area contributed by atoms with Crippen molar-refractivity contribution in [1.29, 1.82) is 0 Å². The molecule has 0 atom stereocenters. The number of alkyl halides is 1. The Morgan fingerprint density at radius 1 is 1.17 bits per heavy atom. The van der Waals surface area contributed by atoms with Gasteiger partial charge in [-0.15, -0.1) is 0 Å². The van der Waals surface area contributed by atoms with E-state index in [0.29, 0.717) is 5.56 Å². The lowest BCUT2D eigenvalue weighted by atomic mass is 9.99. The zero-order valence-electron chi connectivity index (χ0n) is 10.0. The second kappa shape index (κ2) is 5.83. The first-order valence-corrected chi connectivity index (χ1v) is 6.71. The topological polar surface area (TPSA) is 26.3 Å². The number of carbonyl (C=O) groups excluding carboxylic acids is 1. The summed E-state index contributed by atoms with van der Waals surface area (Å²) >= 11 is 3.48. The van der Waals surface area contributed by atoms with E-state index in [1.807, 2.05) is 36.4 Å². The minimum Gasteiger partial charge on any atom is -0.465 e. The molecule has 0 unspecified atom stereocenters. The van der Waals surface area contributed by atoms with Crippen molar-refractivity contribution in [3.8, 4) is 11.1 Å². The smallest absolute Gasteiger partial charge is 0.337 e. The molecule has 0 spiro atoms. The third-order valence-electron chi connectivity index (χ3n) is 2.76. The Hall–Kier alpha value is -1.61. The molecule has 3 heteroatoms. The van der Waals surface area contributed by atoms with Crippen molar-refractivity contribution in [3.05, 3.63) is 59.7 Å². The molecule has 18 heavy (non-hydrogen) atoms. The highest BCUT2D eigenvalue weighted by molar-refractivity contribution is 9.08. The second-order valence-corrected chi connectivity index (χ2v) is 4.42. The molecule has 0 aliphatic heterocycles. The summed E-state index contributed by atoms with van der Waals surface area (Å²) < 4.78 is 4.74. The Labute approximate surface area is 115 Å². The number of esters is 1. The van der Waals surface area contributed by atoms with Gasteiger partial charge in [0.2, 0.25) is 0 Å². The van der Waals surface area contributed by atoms with Crippen LogP contribution in [0.15, 0.2) is 48.5 Å². The van der Waals surface area contributed by atoms with Gasteiger partial charge in [-0.05, 0) is 28.8 Å². The molecule has 0 heterocycles. The SMILES string of the molecule is COC(=O)c1cccc(-c2ccccc2CBr)c1. The van der Waals surface area contributed by atoms with Gasteiger partial charge in [0.15, 0.2) is 0 Å². The second-order valence-electron chi connectivity index (χ2n) is 3.86. The highest BCUT2D eigenvalue weighted by atomic mass is 79.9. The maximum absolute atomic E-state index is 11.5. The number of methoxy groups -OCH3 is 1. The first kappa shape index (κ1) is 12.8. The van der Waals surface area contributed by atoms with Crippen molar-refractivity contribution < 1.29 is 9.53 Å². The van der Waals surface area contributed by atoms with Crippen LogP contribution >= 0.6 is 15.9 Å². The molecular weight excluding hydrogens is 292 g/mol. The fourth-order valence-corrected chi connectivity index (χ4v) is 2.34. The summed E-state index contributed by atoms with van der Waals surface area (Å²) in [6, 6.07) is 15.6. The summed E-state index contributed by atoms with van der Waals surface area (Å²) in [6.07, 6.45) is 0. The quantitative estimate of drug-likeness (QED) is 0.632. The Bertz CT molecular complexity index is 564.